The minimum atomic E-state index is -2.02. The minimum absolute atomic E-state index is 0.226. The van der Waals surface area contributed by atoms with Crippen molar-refractivity contribution in [1.29, 1.82) is 0 Å². The number of halogens is 1. The summed E-state index contributed by atoms with van der Waals surface area (Å²) in [6.07, 6.45) is 3.53. The van der Waals surface area contributed by atoms with E-state index in [2.05, 4.69) is 44.7 Å². The number of carbonyl (C=O) groups is 1. The fraction of sp³-hybridized carbons (Fsp3) is 0.353. The monoisotopic (exact) mass is 348 g/mol. The Morgan fingerprint density at radius 2 is 1.57 bits per heavy atom. The Bertz CT molecular complexity index is 713. The van der Waals surface area contributed by atoms with Gasteiger partial charge in [0, 0.05) is 18.0 Å². The highest BCUT2D eigenvalue weighted by atomic mass is 28.3. The van der Waals surface area contributed by atoms with Gasteiger partial charge in [-0.1, -0.05) is 45.3 Å². The molecule has 0 fully saturated rings. The average molecular weight is 349 g/mol. The molecule has 23 heavy (non-hydrogen) atoms. The third kappa shape index (κ3) is 3.81. The standard InChI is InChI=1S/C17H25FN2OSi2/c1-22(2,3)14-10-9-13(18)16(23(4,5)6)15(14)17(21)19-20-11-7-8-12-20/h7-12H,1-6H3,(H,19,21). The Morgan fingerprint density at radius 3 is 2.04 bits per heavy atom. The van der Waals surface area contributed by atoms with Crippen LogP contribution in [0.4, 0.5) is 4.39 Å². The van der Waals surface area contributed by atoms with Crippen LogP contribution in [-0.2, 0) is 0 Å². The van der Waals surface area contributed by atoms with Crippen LogP contribution in [0.25, 0.3) is 0 Å². The second kappa shape index (κ2) is 6.09. The highest BCUT2D eigenvalue weighted by molar-refractivity contribution is 6.93. The quantitative estimate of drug-likeness (QED) is 0.847. The second-order valence-corrected chi connectivity index (χ2v) is 17.9. The summed E-state index contributed by atoms with van der Waals surface area (Å²) in [6.45, 7) is 12.8. The summed E-state index contributed by atoms with van der Waals surface area (Å²) in [7, 11) is -3.81. The number of nitrogens with one attached hydrogen (secondary N) is 1. The molecular weight excluding hydrogens is 323 g/mol. The minimum Gasteiger partial charge on any atom is -0.268 e. The van der Waals surface area contributed by atoms with Crippen molar-refractivity contribution in [2.24, 2.45) is 0 Å². The van der Waals surface area contributed by atoms with Crippen LogP contribution in [0.5, 0.6) is 0 Å². The van der Waals surface area contributed by atoms with Crippen LogP contribution >= 0.6 is 0 Å². The van der Waals surface area contributed by atoms with Gasteiger partial charge in [-0.05, 0) is 28.6 Å². The molecule has 1 amide bonds. The first-order valence-corrected chi connectivity index (χ1v) is 14.8. The molecule has 2 rings (SSSR count). The summed E-state index contributed by atoms with van der Waals surface area (Å²) >= 11 is 0. The van der Waals surface area contributed by atoms with Gasteiger partial charge < -0.3 is 0 Å². The number of nitrogens with zero attached hydrogens (tertiary/aromatic N) is 1. The Balaban J connectivity index is 2.66. The predicted molar refractivity (Wildman–Crippen MR) is 100 cm³/mol. The molecule has 1 heterocycles. The van der Waals surface area contributed by atoms with Crippen molar-refractivity contribution in [2.75, 3.05) is 5.43 Å². The molecule has 6 heteroatoms. The Hall–Kier alpha value is -1.67. The van der Waals surface area contributed by atoms with Crippen LogP contribution in [0.2, 0.25) is 39.3 Å². The van der Waals surface area contributed by atoms with E-state index < -0.39 is 16.1 Å². The van der Waals surface area contributed by atoms with Crippen LogP contribution in [0.1, 0.15) is 10.4 Å². The van der Waals surface area contributed by atoms with Gasteiger partial charge in [-0.3, -0.25) is 14.9 Å². The predicted octanol–water partition coefficient (Wildman–Crippen LogP) is 3.10. The first-order valence-electron chi connectivity index (χ1n) is 7.79. The number of aromatic nitrogens is 1. The van der Waals surface area contributed by atoms with E-state index in [0.29, 0.717) is 10.8 Å². The number of hydrogen-bond acceptors (Lipinski definition) is 1. The van der Waals surface area contributed by atoms with Crippen LogP contribution in [0.3, 0.4) is 0 Å². The summed E-state index contributed by atoms with van der Waals surface area (Å²) in [4.78, 5) is 12.9. The molecule has 1 aromatic heterocycles. The Labute approximate surface area is 139 Å². The average Bonchev–Trinajstić information content (AvgIpc) is 2.88. The SMILES string of the molecule is C[Si](C)(C)c1ccc(F)c([Si](C)(C)C)c1C(=O)Nn1cccc1. The lowest BCUT2D eigenvalue weighted by atomic mass is 10.2. The van der Waals surface area contributed by atoms with Crippen molar-refractivity contribution in [3.63, 3.8) is 0 Å². The molecule has 0 atom stereocenters. The zero-order chi connectivity index (χ0) is 17.4. The maximum atomic E-state index is 14.6. The highest BCUT2D eigenvalue weighted by Crippen LogP contribution is 2.14. The first-order chi connectivity index (χ1) is 10.5. The summed E-state index contributed by atoms with van der Waals surface area (Å²) < 4.78 is 16.2. The zero-order valence-corrected chi connectivity index (χ0v) is 16.7. The van der Waals surface area contributed by atoms with Crippen molar-refractivity contribution in [3.8, 4) is 0 Å². The fourth-order valence-corrected chi connectivity index (χ4v) is 6.25. The molecular formula is C17H25FN2OSi2. The van der Waals surface area contributed by atoms with Crippen LogP contribution in [0.15, 0.2) is 36.7 Å². The molecule has 0 saturated carbocycles. The molecule has 0 bridgehead atoms. The zero-order valence-electron chi connectivity index (χ0n) is 14.7. The van der Waals surface area contributed by atoms with Crippen molar-refractivity contribution in [3.05, 3.63) is 48.0 Å². The van der Waals surface area contributed by atoms with Gasteiger partial charge in [0.25, 0.3) is 5.91 Å². The number of amides is 1. The van der Waals surface area contributed by atoms with Gasteiger partial charge in [0.1, 0.15) is 5.82 Å². The fourth-order valence-electron chi connectivity index (χ4n) is 2.75. The molecule has 1 aromatic carbocycles. The summed E-state index contributed by atoms with van der Waals surface area (Å²) in [5, 5.41) is 1.64. The third-order valence-corrected chi connectivity index (χ3v) is 7.80. The third-order valence-electron chi connectivity index (χ3n) is 3.77. The van der Waals surface area contributed by atoms with E-state index in [0.717, 1.165) is 5.19 Å². The number of benzene rings is 1. The van der Waals surface area contributed by atoms with Crippen molar-refractivity contribution >= 4 is 32.4 Å². The van der Waals surface area contributed by atoms with E-state index in [1.54, 1.807) is 23.1 Å². The molecule has 1 N–H and O–H groups in total. The maximum absolute atomic E-state index is 14.6. The Kier molecular flexibility index (Phi) is 4.68. The van der Waals surface area contributed by atoms with Gasteiger partial charge in [-0.15, -0.1) is 0 Å². The molecule has 0 spiro atoms. The number of hydrogen-bond donors (Lipinski definition) is 1. The second-order valence-electron chi connectivity index (χ2n) is 7.88. The molecule has 0 aliphatic carbocycles. The molecule has 3 nitrogen and oxygen atoms in total. The molecule has 0 aliphatic heterocycles. The van der Waals surface area contributed by atoms with Crippen molar-refractivity contribution in [1.82, 2.24) is 4.68 Å². The topological polar surface area (TPSA) is 34.0 Å². The van der Waals surface area contributed by atoms with E-state index in [-0.39, 0.29) is 11.7 Å². The summed E-state index contributed by atoms with van der Waals surface area (Å²) in [5.41, 5.74) is 3.40. The Morgan fingerprint density at radius 1 is 1.00 bits per heavy atom. The maximum Gasteiger partial charge on any atom is 0.269 e. The van der Waals surface area contributed by atoms with Gasteiger partial charge in [-0.2, -0.15) is 0 Å². The van der Waals surface area contributed by atoms with Gasteiger partial charge in [0.2, 0.25) is 0 Å². The van der Waals surface area contributed by atoms with Crippen molar-refractivity contribution < 1.29 is 9.18 Å². The molecule has 2 aromatic rings. The van der Waals surface area contributed by atoms with E-state index in [1.165, 1.54) is 6.07 Å². The molecule has 0 radical (unpaired) electrons. The lowest BCUT2D eigenvalue weighted by Gasteiger charge is -2.28. The van der Waals surface area contributed by atoms with E-state index in [9.17, 15) is 9.18 Å². The van der Waals surface area contributed by atoms with Gasteiger partial charge in [0.15, 0.2) is 0 Å². The van der Waals surface area contributed by atoms with Crippen LogP contribution in [0, 0.1) is 5.82 Å². The summed E-state index contributed by atoms with van der Waals surface area (Å²) in [6, 6.07) is 7.01. The largest absolute Gasteiger partial charge is 0.269 e. The number of rotatable bonds is 4. The van der Waals surface area contributed by atoms with Crippen LogP contribution < -0.4 is 15.8 Å². The highest BCUT2D eigenvalue weighted by Gasteiger charge is 2.33. The van der Waals surface area contributed by atoms with Gasteiger partial charge >= 0.3 is 0 Å². The summed E-state index contributed by atoms with van der Waals surface area (Å²) in [5.74, 6) is -0.487. The first kappa shape index (κ1) is 17.7. The number of carbonyl (C=O) groups excluding carboxylic acids is 1. The smallest absolute Gasteiger partial charge is 0.268 e. The van der Waals surface area contributed by atoms with E-state index >= 15 is 0 Å². The molecule has 0 saturated heterocycles. The molecule has 0 aliphatic rings. The van der Waals surface area contributed by atoms with Crippen LogP contribution in [-0.4, -0.2) is 26.7 Å². The lowest BCUT2D eigenvalue weighted by Crippen LogP contribution is -2.53. The van der Waals surface area contributed by atoms with E-state index in [4.69, 9.17) is 0 Å². The normalized spacial score (nSPS) is 12.3. The molecule has 0 unspecified atom stereocenters. The molecule has 124 valence electrons. The van der Waals surface area contributed by atoms with E-state index in [1.807, 2.05) is 12.1 Å². The van der Waals surface area contributed by atoms with Gasteiger partial charge in [0.05, 0.1) is 16.1 Å². The van der Waals surface area contributed by atoms with Crippen molar-refractivity contribution in [2.45, 2.75) is 39.3 Å². The van der Waals surface area contributed by atoms with Gasteiger partial charge in [-0.25, -0.2) is 4.39 Å². The lowest BCUT2D eigenvalue weighted by molar-refractivity contribution is 0.101.